The van der Waals surface area contributed by atoms with Crippen LogP contribution in [0.25, 0.3) is 0 Å². The van der Waals surface area contributed by atoms with E-state index in [0.29, 0.717) is 45.1 Å². The number of rotatable bonds is 13. The summed E-state index contributed by atoms with van der Waals surface area (Å²) in [6, 6.07) is 7.80. The highest BCUT2D eigenvalue weighted by molar-refractivity contribution is 5.98. The minimum Gasteiger partial charge on any atom is -0.466 e. The van der Waals surface area contributed by atoms with Gasteiger partial charge in [0, 0.05) is 50.4 Å². The summed E-state index contributed by atoms with van der Waals surface area (Å²) in [6.45, 7) is 6.22. The van der Waals surface area contributed by atoms with Gasteiger partial charge in [-0.2, -0.15) is 0 Å². The first-order valence-electron chi connectivity index (χ1n) is 11.7. The molecular formula is C25H34N2O8. The van der Waals surface area contributed by atoms with Crippen LogP contribution in [-0.4, -0.2) is 98.9 Å². The molecule has 0 spiro atoms. The van der Waals surface area contributed by atoms with E-state index in [2.05, 4.69) is 4.74 Å². The highest BCUT2D eigenvalue weighted by atomic mass is 16.5. The van der Waals surface area contributed by atoms with Gasteiger partial charge in [0.15, 0.2) is 0 Å². The first-order chi connectivity index (χ1) is 16.9. The molecule has 0 bridgehead atoms. The van der Waals surface area contributed by atoms with E-state index >= 15 is 0 Å². The zero-order chi connectivity index (χ0) is 25.6. The zero-order valence-electron chi connectivity index (χ0n) is 20.5. The van der Waals surface area contributed by atoms with Crippen molar-refractivity contribution >= 4 is 23.8 Å². The zero-order valence-corrected chi connectivity index (χ0v) is 20.5. The van der Waals surface area contributed by atoms with Gasteiger partial charge in [0.05, 0.1) is 26.9 Å². The van der Waals surface area contributed by atoms with Crippen molar-refractivity contribution < 1.29 is 38.1 Å². The van der Waals surface area contributed by atoms with Crippen molar-refractivity contribution in [3.8, 4) is 0 Å². The smallest absolute Gasteiger partial charge is 0.331 e. The molecule has 0 aliphatic carbocycles. The minimum absolute atomic E-state index is 0.0483. The van der Waals surface area contributed by atoms with Crippen molar-refractivity contribution in [1.82, 2.24) is 9.80 Å². The van der Waals surface area contributed by atoms with E-state index < -0.39 is 24.1 Å². The van der Waals surface area contributed by atoms with E-state index in [1.807, 2.05) is 13.8 Å². The summed E-state index contributed by atoms with van der Waals surface area (Å²) >= 11 is 0. The number of benzene rings is 1. The van der Waals surface area contributed by atoms with Crippen molar-refractivity contribution in [2.75, 3.05) is 53.2 Å². The lowest BCUT2D eigenvalue weighted by Gasteiger charge is -2.30. The Morgan fingerprint density at radius 2 is 1.57 bits per heavy atom. The van der Waals surface area contributed by atoms with Gasteiger partial charge >= 0.3 is 11.9 Å². The van der Waals surface area contributed by atoms with Gasteiger partial charge in [-0.05, 0) is 26.0 Å². The van der Waals surface area contributed by atoms with Crippen molar-refractivity contribution in [3.05, 3.63) is 48.0 Å². The van der Waals surface area contributed by atoms with E-state index in [9.17, 15) is 19.2 Å². The van der Waals surface area contributed by atoms with Crippen LogP contribution in [0.5, 0.6) is 0 Å². The molecule has 0 saturated carbocycles. The average Bonchev–Trinajstić information content (AvgIpc) is 3.29. The van der Waals surface area contributed by atoms with Crippen molar-refractivity contribution in [3.63, 3.8) is 0 Å². The van der Waals surface area contributed by atoms with Gasteiger partial charge in [0.2, 0.25) is 5.91 Å². The van der Waals surface area contributed by atoms with Crippen molar-refractivity contribution in [2.45, 2.75) is 32.4 Å². The lowest BCUT2D eigenvalue weighted by molar-refractivity contribution is -0.143. The summed E-state index contributed by atoms with van der Waals surface area (Å²) in [5.41, 5.74) is 0.429. The number of esters is 2. The van der Waals surface area contributed by atoms with Crippen LogP contribution in [0.3, 0.4) is 0 Å². The molecule has 0 N–H and O–H groups in total. The first-order valence-corrected chi connectivity index (χ1v) is 11.7. The van der Waals surface area contributed by atoms with E-state index in [1.54, 1.807) is 35.2 Å². The number of likely N-dealkylation sites (tertiary alicyclic amines) is 1. The Morgan fingerprint density at radius 1 is 0.971 bits per heavy atom. The summed E-state index contributed by atoms with van der Waals surface area (Å²) < 4.78 is 20.8. The fourth-order valence-electron chi connectivity index (χ4n) is 3.68. The maximum absolute atomic E-state index is 13.6. The molecule has 1 heterocycles. The second kappa shape index (κ2) is 14.9. The Hall–Kier alpha value is -3.24. The summed E-state index contributed by atoms with van der Waals surface area (Å²) in [5.74, 6) is -2.05. The molecule has 2 amide bonds. The molecule has 35 heavy (non-hydrogen) atoms. The average molecular weight is 491 g/mol. The van der Waals surface area contributed by atoms with Crippen LogP contribution in [0.15, 0.2) is 42.5 Å². The Labute approximate surface area is 205 Å². The maximum atomic E-state index is 13.6. The van der Waals surface area contributed by atoms with Gasteiger partial charge in [-0.15, -0.1) is 0 Å². The number of amides is 2. The number of hydrogen-bond acceptors (Lipinski definition) is 8. The number of hydrogen-bond donors (Lipinski definition) is 0. The fraction of sp³-hybridized carbons (Fsp3) is 0.520. The molecule has 1 aliphatic rings. The highest BCUT2D eigenvalue weighted by Crippen LogP contribution is 2.25. The second-order valence-corrected chi connectivity index (χ2v) is 7.71. The monoisotopic (exact) mass is 490 g/mol. The SMILES string of the molecule is CCOCCN(CCOCC)C(=O)[C@@H]1C[C@@H](OC(=O)/C=C/C(=O)OC)CN1C(=O)c1ccccc1. The number of ether oxygens (including phenoxy) is 4. The molecule has 2 rings (SSSR count). The normalized spacial score (nSPS) is 17.4. The van der Waals surface area contributed by atoms with Crippen LogP contribution in [0.1, 0.15) is 30.6 Å². The summed E-state index contributed by atoms with van der Waals surface area (Å²) in [7, 11) is 1.20. The van der Waals surface area contributed by atoms with E-state index in [4.69, 9.17) is 14.2 Å². The molecule has 0 radical (unpaired) electrons. The Kier molecular flexibility index (Phi) is 11.9. The Balaban J connectivity index is 2.21. The third-order valence-corrected chi connectivity index (χ3v) is 5.40. The van der Waals surface area contributed by atoms with Gasteiger partial charge < -0.3 is 28.7 Å². The predicted molar refractivity (Wildman–Crippen MR) is 126 cm³/mol. The predicted octanol–water partition coefficient (Wildman–Crippen LogP) is 1.44. The molecule has 1 aliphatic heterocycles. The number of nitrogens with zero attached hydrogens (tertiary/aromatic N) is 2. The largest absolute Gasteiger partial charge is 0.466 e. The lowest BCUT2D eigenvalue weighted by Crippen LogP contribution is -2.49. The third kappa shape index (κ3) is 8.80. The second-order valence-electron chi connectivity index (χ2n) is 7.71. The van der Waals surface area contributed by atoms with Crippen LogP contribution >= 0.6 is 0 Å². The standard InChI is InChI=1S/C25H34N2O8/c1-4-33-15-13-26(14-16-34-5-2)25(31)21-17-20(35-23(29)12-11-22(28)32-3)18-27(21)24(30)19-9-7-6-8-10-19/h6-12,20-21H,4-5,13-18H2,1-3H3/b12-11+/t20-,21+/m1/s1. The minimum atomic E-state index is -0.826. The Morgan fingerprint density at radius 3 is 2.14 bits per heavy atom. The summed E-state index contributed by atoms with van der Waals surface area (Å²) in [6.07, 6.45) is 1.33. The summed E-state index contributed by atoms with van der Waals surface area (Å²) in [5, 5.41) is 0. The van der Waals surface area contributed by atoms with Gasteiger partial charge in [-0.3, -0.25) is 9.59 Å². The van der Waals surface area contributed by atoms with Gasteiger partial charge in [0.1, 0.15) is 12.1 Å². The number of carbonyl (C=O) groups is 4. The van der Waals surface area contributed by atoms with Crippen LogP contribution in [0.2, 0.25) is 0 Å². The topological polar surface area (TPSA) is 112 Å². The van der Waals surface area contributed by atoms with Crippen LogP contribution in [0, 0.1) is 0 Å². The first kappa shape index (κ1) is 28.0. The third-order valence-electron chi connectivity index (χ3n) is 5.40. The quantitative estimate of drug-likeness (QED) is 0.232. The molecule has 10 heteroatoms. The number of carbonyl (C=O) groups excluding carboxylic acids is 4. The van der Waals surface area contributed by atoms with Gasteiger partial charge in [-0.1, -0.05) is 18.2 Å². The molecule has 1 aromatic rings. The van der Waals surface area contributed by atoms with Crippen LogP contribution < -0.4 is 0 Å². The molecule has 10 nitrogen and oxygen atoms in total. The Bertz CT molecular complexity index is 863. The van der Waals surface area contributed by atoms with Crippen molar-refractivity contribution in [2.24, 2.45) is 0 Å². The van der Waals surface area contributed by atoms with E-state index in [0.717, 1.165) is 12.2 Å². The maximum Gasteiger partial charge on any atom is 0.331 e. The number of methoxy groups -OCH3 is 1. The molecule has 0 unspecified atom stereocenters. The molecule has 2 atom stereocenters. The van der Waals surface area contributed by atoms with E-state index in [-0.39, 0.29) is 24.8 Å². The lowest BCUT2D eigenvalue weighted by atomic mass is 10.1. The highest BCUT2D eigenvalue weighted by Gasteiger charge is 2.43. The molecule has 1 saturated heterocycles. The van der Waals surface area contributed by atoms with Gasteiger partial charge in [-0.25, -0.2) is 9.59 Å². The molecule has 1 aromatic carbocycles. The fourth-order valence-corrected chi connectivity index (χ4v) is 3.68. The molecule has 0 aromatic heterocycles. The van der Waals surface area contributed by atoms with Crippen molar-refractivity contribution in [1.29, 1.82) is 0 Å². The van der Waals surface area contributed by atoms with Gasteiger partial charge in [0.25, 0.3) is 5.91 Å². The molecule has 192 valence electrons. The van der Waals surface area contributed by atoms with Crippen LogP contribution in [0.4, 0.5) is 0 Å². The van der Waals surface area contributed by atoms with Crippen LogP contribution in [-0.2, 0) is 33.3 Å². The van der Waals surface area contributed by atoms with E-state index in [1.165, 1.54) is 12.0 Å². The summed E-state index contributed by atoms with van der Waals surface area (Å²) in [4.78, 5) is 53.3. The molecular weight excluding hydrogens is 456 g/mol. The molecule has 1 fully saturated rings.